The van der Waals surface area contributed by atoms with Crippen molar-refractivity contribution in [3.63, 3.8) is 0 Å². The van der Waals surface area contributed by atoms with E-state index in [2.05, 4.69) is 75.5 Å². The second-order valence-electron chi connectivity index (χ2n) is 10.6. The number of rotatable bonds is 13. The van der Waals surface area contributed by atoms with Crippen LogP contribution in [0.4, 0.5) is 5.69 Å². The molecule has 2 aliphatic heterocycles. The SMILES string of the molecule is C[CH]CCCN1CCN(CCCCCOc2ccc(-c3nc4ccc(N5CCOCC5)cc4[nH]3)cc2)CC1. The van der Waals surface area contributed by atoms with Gasteiger partial charge in [0.2, 0.25) is 0 Å². The lowest BCUT2D eigenvalue weighted by molar-refractivity contribution is 0.122. The molecule has 2 saturated heterocycles. The highest BCUT2D eigenvalue weighted by atomic mass is 16.5. The summed E-state index contributed by atoms with van der Waals surface area (Å²) in [4.78, 5) is 15.9. The standard InChI is InChI=1S/C31H44N5O2/c1-2-3-5-14-34-16-18-35(19-17-34)15-6-4-7-22-38-28-11-8-26(9-12-28)31-32-29-13-10-27(25-30(29)33-31)36-20-23-37-24-21-36/h2,8-13,25H,3-7,14-24H2,1H3,(H,32,33). The van der Waals surface area contributed by atoms with Crippen molar-refractivity contribution in [1.82, 2.24) is 19.8 Å². The Hall–Kier alpha value is -2.61. The fourth-order valence-corrected chi connectivity index (χ4v) is 5.42. The van der Waals surface area contributed by atoms with E-state index in [4.69, 9.17) is 14.5 Å². The van der Waals surface area contributed by atoms with Crippen molar-refractivity contribution >= 4 is 16.7 Å². The first-order chi connectivity index (χ1) is 18.8. The van der Waals surface area contributed by atoms with Crippen molar-refractivity contribution in [3.05, 3.63) is 48.9 Å². The van der Waals surface area contributed by atoms with Gasteiger partial charge in [-0.15, -0.1) is 0 Å². The normalized spacial score (nSPS) is 17.3. The maximum atomic E-state index is 6.02. The maximum absolute atomic E-state index is 6.02. The van der Waals surface area contributed by atoms with Crippen molar-refractivity contribution in [2.24, 2.45) is 0 Å². The number of nitrogens with one attached hydrogen (secondary N) is 1. The molecule has 3 aromatic rings. The van der Waals surface area contributed by atoms with Crippen LogP contribution in [-0.2, 0) is 4.74 Å². The van der Waals surface area contributed by atoms with Crippen LogP contribution in [0.15, 0.2) is 42.5 Å². The van der Waals surface area contributed by atoms with E-state index in [0.717, 1.165) is 67.5 Å². The summed E-state index contributed by atoms with van der Waals surface area (Å²) in [5, 5.41) is 0. The summed E-state index contributed by atoms with van der Waals surface area (Å²) < 4.78 is 11.5. The molecule has 2 aromatic carbocycles. The molecule has 0 spiro atoms. The minimum atomic E-state index is 0.774. The number of imidazole rings is 1. The highest BCUT2D eigenvalue weighted by molar-refractivity contribution is 5.83. The average Bonchev–Trinajstić information content (AvgIpc) is 3.40. The molecule has 0 amide bonds. The Bertz CT molecular complexity index is 1100. The predicted molar refractivity (Wildman–Crippen MR) is 156 cm³/mol. The zero-order valence-electron chi connectivity index (χ0n) is 23.0. The monoisotopic (exact) mass is 518 g/mol. The molecule has 38 heavy (non-hydrogen) atoms. The van der Waals surface area contributed by atoms with E-state index in [9.17, 15) is 0 Å². The average molecular weight is 519 g/mol. The highest BCUT2D eigenvalue weighted by Crippen LogP contribution is 2.26. The number of piperazine rings is 1. The van der Waals surface area contributed by atoms with E-state index in [-0.39, 0.29) is 0 Å². The molecule has 2 aliphatic rings. The molecule has 0 aliphatic carbocycles. The largest absolute Gasteiger partial charge is 0.494 e. The molecule has 0 bridgehead atoms. The molecule has 205 valence electrons. The van der Waals surface area contributed by atoms with Gasteiger partial charge in [-0.25, -0.2) is 4.98 Å². The summed E-state index contributed by atoms with van der Waals surface area (Å²) in [6.07, 6.45) is 8.39. The molecule has 3 heterocycles. The van der Waals surface area contributed by atoms with Crippen LogP contribution in [0, 0.1) is 6.42 Å². The number of aromatic nitrogens is 2. The van der Waals surface area contributed by atoms with E-state index in [1.807, 2.05) is 0 Å². The third-order valence-corrected chi connectivity index (χ3v) is 7.79. The summed E-state index contributed by atoms with van der Waals surface area (Å²) >= 11 is 0. The molecule has 0 saturated carbocycles. The minimum Gasteiger partial charge on any atom is -0.494 e. The number of ether oxygens (including phenoxy) is 2. The molecule has 7 nitrogen and oxygen atoms in total. The Morgan fingerprint density at radius 3 is 2.34 bits per heavy atom. The fourth-order valence-electron chi connectivity index (χ4n) is 5.42. The Kier molecular flexibility index (Phi) is 9.92. The first kappa shape index (κ1) is 27.0. The van der Waals surface area contributed by atoms with Gasteiger partial charge in [-0.1, -0.05) is 6.92 Å². The van der Waals surface area contributed by atoms with E-state index >= 15 is 0 Å². The predicted octanol–water partition coefficient (Wildman–Crippen LogP) is 5.24. The molecular formula is C31H44N5O2. The van der Waals surface area contributed by atoms with Crippen LogP contribution in [0.25, 0.3) is 22.4 Å². The molecule has 0 atom stereocenters. The van der Waals surface area contributed by atoms with Crippen molar-refractivity contribution in [1.29, 1.82) is 0 Å². The molecule has 1 aromatic heterocycles. The van der Waals surface area contributed by atoms with E-state index in [0.29, 0.717) is 0 Å². The molecule has 5 rings (SSSR count). The van der Waals surface area contributed by atoms with Crippen LogP contribution < -0.4 is 9.64 Å². The minimum absolute atomic E-state index is 0.774. The second kappa shape index (κ2) is 14.0. The van der Waals surface area contributed by atoms with Crippen molar-refractivity contribution in [3.8, 4) is 17.1 Å². The van der Waals surface area contributed by atoms with Crippen LogP contribution in [0.1, 0.15) is 39.0 Å². The first-order valence-electron chi connectivity index (χ1n) is 14.6. The van der Waals surface area contributed by atoms with Gasteiger partial charge in [0.05, 0.1) is 30.9 Å². The molecule has 7 heteroatoms. The third kappa shape index (κ3) is 7.49. The molecule has 2 fully saturated rings. The smallest absolute Gasteiger partial charge is 0.138 e. The number of hydrogen-bond acceptors (Lipinski definition) is 6. The van der Waals surface area contributed by atoms with Gasteiger partial charge < -0.3 is 29.2 Å². The van der Waals surface area contributed by atoms with Crippen molar-refractivity contribution in [2.75, 3.05) is 77.1 Å². The number of fused-ring (bicyclic) bond motifs is 1. The number of nitrogens with zero attached hydrogens (tertiary/aromatic N) is 4. The molecule has 0 unspecified atom stereocenters. The van der Waals surface area contributed by atoms with Gasteiger partial charge in [-0.05, 0) is 94.1 Å². The number of anilines is 1. The summed E-state index contributed by atoms with van der Waals surface area (Å²) in [6.45, 7) is 13.7. The lowest BCUT2D eigenvalue weighted by Crippen LogP contribution is -2.46. The Labute approximate surface area is 228 Å². The van der Waals surface area contributed by atoms with Crippen LogP contribution in [-0.4, -0.2) is 91.9 Å². The number of benzene rings is 2. The van der Waals surface area contributed by atoms with Crippen LogP contribution in [0.3, 0.4) is 0 Å². The van der Waals surface area contributed by atoms with Crippen LogP contribution in [0.5, 0.6) is 5.75 Å². The topological polar surface area (TPSA) is 56.9 Å². The lowest BCUT2D eigenvalue weighted by atomic mass is 10.2. The van der Waals surface area contributed by atoms with Crippen LogP contribution in [0.2, 0.25) is 0 Å². The van der Waals surface area contributed by atoms with Gasteiger partial charge in [0.1, 0.15) is 11.6 Å². The zero-order valence-corrected chi connectivity index (χ0v) is 23.0. The molecule has 1 radical (unpaired) electrons. The van der Waals surface area contributed by atoms with Gasteiger partial charge in [-0.3, -0.25) is 0 Å². The van der Waals surface area contributed by atoms with E-state index in [1.54, 1.807) is 0 Å². The zero-order chi connectivity index (χ0) is 26.0. The summed E-state index contributed by atoms with van der Waals surface area (Å²) in [7, 11) is 0. The quantitative estimate of drug-likeness (QED) is 0.313. The van der Waals surface area contributed by atoms with Gasteiger partial charge in [0, 0.05) is 50.5 Å². The van der Waals surface area contributed by atoms with Crippen molar-refractivity contribution < 1.29 is 9.47 Å². The van der Waals surface area contributed by atoms with Gasteiger partial charge in [0.25, 0.3) is 0 Å². The Balaban J connectivity index is 1.00. The van der Waals surface area contributed by atoms with Crippen LogP contribution >= 0.6 is 0 Å². The van der Waals surface area contributed by atoms with E-state index in [1.165, 1.54) is 70.6 Å². The second-order valence-corrected chi connectivity index (χ2v) is 10.6. The van der Waals surface area contributed by atoms with Gasteiger partial charge >= 0.3 is 0 Å². The van der Waals surface area contributed by atoms with Gasteiger partial charge in [0.15, 0.2) is 0 Å². The number of unbranched alkanes of at least 4 members (excludes halogenated alkanes) is 4. The molecule has 1 N–H and O–H groups in total. The number of H-pyrrole nitrogens is 1. The number of hydrogen-bond donors (Lipinski definition) is 1. The maximum Gasteiger partial charge on any atom is 0.138 e. The first-order valence-corrected chi connectivity index (χ1v) is 14.6. The summed E-state index contributed by atoms with van der Waals surface area (Å²) in [5.74, 6) is 1.82. The summed E-state index contributed by atoms with van der Waals surface area (Å²) in [5.41, 5.74) is 4.35. The highest BCUT2D eigenvalue weighted by Gasteiger charge is 2.16. The number of aromatic amines is 1. The Morgan fingerprint density at radius 1 is 0.868 bits per heavy atom. The lowest BCUT2D eigenvalue weighted by Gasteiger charge is -2.34. The van der Waals surface area contributed by atoms with E-state index < -0.39 is 0 Å². The Morgan fingerprint density at radius 2 is 1.61 bits per heavy atom. The molecular weight excluding hydrogens is 474 g/mol. The van der Waals surface area contributed by atoms with Crippen molar-refractivity contribution in [2.45, 2.75) is 39.0 Å². The third-order valence-electron chi connectivity index (χ3n) is 7.79. The number of morpholine rings is 1. The fraction of sp³-hybridized carbons (Fsp3) is 0.548. The summed E-state index contributed by atoms with van der Waals surface area (Å²) in [6, 6.07) is 14.8. The van der Waals surface area contributed by atoms with Gasteiger partial charge in [-0.2, -0.15) is 0 Å².